The van der Waals surface area contributed by atoms with Crippen molar-refractivity contribution < 1.29 is 14.3 Å². The molecule has 4 atom stereocenters. The molecule has 98 valence electrons. The van der Waals surface area contributed by atoms with Gasteiger partial charge in [-0.15, -0.1) is 0 Å². The van der Waals surface area contributed by atoms with Gasteiger partial charge in [0.1, 0.15) is 0 Å². The van der Waals surface area contributed by atoms with Crippen molar-refractivity contribution in [1.82, 2.24) is 5.32 Å². The molecule has 0 aliphatic carbocycles. The number of carbonyl (C=O) groups excluding carboxylic acids is 1. The summed E-state index contributed by atoms with van der Waals surface area (Å²) in [5, 5.41) is 3.03. The number of carbonyl (C=O) groups is 1. The average molecular weight is 242 g/mol. The van der Waals surface area contributed by atoms with Crippen molar-refractivity contribution in [2.45, 2.75) is 57.0 Å². The van der Waals surface area contributed by atoms with Crippen molar-refractivity contribution in [3.8, 4) is 0 Å². The van der Waals surface area contributed by atoms with E-state index >= 15 is 0 Å². The monoisotopic (exact) mass is 242 g/mol. The molecule has 5 heteroatoms. The smallest absolute Gasteiger partial charge is 0.222 e. The van der Waals surface area contributed by atoms with Crippen molar-refractivity contribution in [3.63, 3.8) is 0 Å². The molecule has 0 spiro atoms. The van der Waals surface area contributed by atoms with E-state index in [4.69, 9.17) is 15.2 Å². The first-order valence-electron chi connectivity index (χ1n) is 6.49. The topological polar surface area (TPSA) is 73.6 Å². The van der Waals surface area contributed by atoms with Crippen LogP contribution < -0.4 is 11.1 Å². The fraction of sp³-hybridized carbons (Fsp3) is 0.917. The van der Waals surface area contributed by atoms with Crippen LogP contribution in [0.4, 0.5) is 0 Å². The second-order valence-corrected chi connectivity index (χ2v) is 4.80. The maximum absolute atomic E-state index is 11.8. The molecule has 2 saturated heterocycles. The summed E-state index contributed by atoms with van der Waals surface area (Å²) >= 11 is 0. The predicted octanol–water partition coefficient (Wildman–Crippen LogP) is 0.176. The van der Waals surface area contributed by atoms with Crippen molar-refractivity contribution >= 4 is 5.91 Å². The van der Waals surface area contributed by atoms with Gasteiger partial charge in [0.25, 0.3) is 0 Å². The molecule has 2 fully saturated rings. The van der Waals surface area contributed by atoms with Crippen LogP contribution >= 0.6 is 0 Å². The zero-order chi connectivity index (χ0) is 12.3. The van der Waals surface area contributed by atoms with E-state index in [-0.39, 0.29) is 24.2 Å². The van der Waals surface area contributed by atoms with Gasteiger partial charge < -0.3 is 20.5 Å². The third-order valence-corrected chi connectivity index (χ3v) is 3.53. The number of nitrogens with one attached hydrogen (secondary N) is 1. The molecule has 1 amide bonds. The number of ether oxygens (including phenoxy) is 2. The van der Waals surface area contributed by atoms with Crippen LogP contribution in [-0.4, -0.2) is 43.4 Å². The van der Waals surface area contributed by atoms with Crippen LogP contribution in [0.2, 0.25) is 0 Å². The Balaban J connectivity index is 1.73. The van der Waals surface area contributed by atoms with Crippen LogP contribution in [0.15, 0.2) is 0 Å². The molecule has 2 aliphatic heterocycles. The Labute approximate surface area is 102 Å². The molecule has 17 heavy (non-hydrogen) atoms. The molecule has 2 rings (SSSR count). The summed E-state index contributed by atoms with van der Waals surface area (Å²) in [6.07, 6.45) is 3.94. The molecule has 2 bridgehead atoms. The lowest BCUT2D eigenvalue weighted by atomic mass is 9.95. The highest BCUT2D eigenvalue weighted by Gasteiger charge is 2.41. The van der Waals surface area contributed by atoms with Crippen LogP contribution in [0.25, 0.3) is 0 Å². The van der Waals surface area contributed by atoms with E-state index in [9.17, 15) is 4.79 Å². The van der Waals surface area contributed by atoms with Gasteiger partial charge in [0, 0.05) is 13.2 Å². The Kier molecular flexibility index (Phi) is 4.36. The Morgan fingerprint density at radius 1 is 1.59 bits per heavy atom. The zero-order valence-electron chi connectivity index (χ0n) is 10.4. The maximum Gasteiger partial charge on any atom is 0.222 e. The Morgan fingerprint density at radius 3 is 2.94 bits per heavy atom. The number of nitrogens with two attached hydrogens (primary N) is 1. The molecule has 0 aromatic carbocycles. The molecule has 5 nitrogen and oxygen atoms in total. The van der Waals surface area contributed by atoms with Gasteiger partial charge in [-0.2, -0.15) is 0 Å². The molecule has 2 aliphatic rings. The first-order chi connectivity index (χ1) is 8.22. The van der Waals surface area contributed by atoms with Gasteiger partial charge in [-0.3, -0.25) is 4.79 Å². The van der Waals surface area contributed by atoms with Gasteiger partial charge in [-0.1, -0.05) is 0 Å². The van der Waals surface area contributed by atoms with E-state index < -0.39 is 0 Å². The lowest BCUT2D eigenvalue weighted by molar-refractivity contribution is -0.124. The van der Waals surface area contributed by atoms with E-state index in [1.165, 1.54) is 0 Å². The van der Waals surface area contributed by atoms with Gasteiger partial charge in [-0.05, 0) is 26.2 Å². The van der Waals surface area contributed by atoms with Crippen molar-refractivity contribution in [1.29, 1.82) is 0 Å². The van der Waals surface area contributed by atoms with Crippen LogP contribution in [0.1, 0.15) is 32.6 Å². The Bertz CT molecular complexity index is 272. The highest BCUT2D eigenvalue weighted by Crippen LogP contribution is 2.34. The highest BCUT2D eigenvalue weighted by atomic mass is 16.5. The van der Waals surface area contributed by atoms with Crippen LogP contribution in [0, 0.1) is 0 Å². The first-order valence-corrected chi connectivity index (χ1v) is 6.49. The van der Waals surface area contributed by atoms with E-state index in [0.29, 0.717) is 25.7 Å². The minimum absolute atomic E-state index is 0.0232. The Hall–Kier alpha value is -0.650. The molecule has 0 aromatic heterocycles. The van der Waals surface area contributed by atoms with Crippen LogP contribution in [0.3, 0.4) is 0 Å². The summed E-state index contributed by atoms with van der Waals surface area (Å²) in [6.45, 7) is 2.88. The van der Waals surface area contributed by atoms with Crippen LogP contribution in [-0.2, 0) is 14.3 Å². The minimum Gasteiger partial charge on any atom is -0.377 e. The molecular weight excluding hydrogens is 220 g/mol. The SMILES string of the molecule is CCOC(CN)CC(=O)NC1CC2CCC1O2. The third-order valence-electron chi connectivity index (χ3n) is 3.53. The number of amides is 1. The Morgan fingerprint density at radius 2 is 2.41 bits per heavy atom. The summed E-state index contributed by atoms with van der Waals surface area (Å²) in [5.74, 6) is 0.0232. The van der Waals surface area contributed by atoms with Gasteiger partial charge in [0.05, 0.1) is 30.8 Å². The number of fused-ring (bicyclic) bond motifs is 2. The van der Waals surface area contributed by atoms with Gasteiger partial charge in [0.15, 0.2) is 0 Å². The molecule has 4 unspecified atom stereocenters. The summed E-state index contributed by atoms with van der Waals surface area (Å²) in [7, 11) is 0. The predicted molar refractivity (Wildman–Crippen MR) is 63.5 cm³/mol. The van der Waals surface area contributed by atoms with E-state index in [1.807, 2.05) is 6.92 Å². The first kappa shape index (κ1) is 12.8. The average Bonchev–Trinajstić information content (AvgIpc) is 2.90. The van der Waals surface area contributed by atoms with Crippen molar-refractivity contribution in [2.24, 2.45) is 5.73 Å². The fourth-order valence-electron chi connectivity index (χ4n) is 2.71. The molecule has 0 radical (unpaired) electrons. The standard InChI is InChI=1S/C12H22N2O3/c1-2-16-9(7-13)6-12(15)14-10-5-8-3-4-11(10)17-8/h8-11H,2-7,13H2,1H3,(H,14,15). The number of hydrogen-bond acceptors (Lipinski definition) is 4. The maximum atomic E-state index is 11.8. The summed E-state index contributed by atoms with van der Waals surface area (Å²) < 4.78 is 11.1. The second kappa shape index (κ2) is 5.80. The molecule has 3 N–H and O–H groups in total. The van der Waals surface area contributed by atoms with E-state index in [0.717, 1.165) is 19.3 Å². The number of rotatable bonds is 6. The number of hydrogen-bond donors (Lipinski definition) is 2. The summed E-state index contributed by atoms with van der Waals surface area (Å²) in [4.78, 5) is 11.8. The van der Waals surface area contributed by atoms with Crippen molar-refractivity contribution in [2.75, 3.05) is 13.2 Å². The summed E-state index contributed by atoms with van der Waals surface area (Å²) in [6, 6.07) is 0.196. The highest BCUT2D eigenvalue weighted by molar-refractivity contribution is 5.77. The lowest BCUT2D eigenvalue weighted by Crippen LogP contribution is -2.43. The second-order valence-electron chi connectivity index (χ2n) is 4.80. The minimum atomic E-state index is -0.167. The summed E-state index contributed by atoms with van der Waals surface area (Å²) in [5.41, 5.74) is 5.55. The zero-order valence-corrected chi connectivity index (χ0v) is 10.4. The molecular formula is C12H22N2O3. The van der Waals surface area contributed by atoms with Crippen LogP contribution in [0.5, 0.6) is 0 Å². The van der Waals surface area contributed by atoms with Gasteiger partial charge >= 0.3 is 0 Å². The van der Waals surface area contributed by atoms with E-state index in [2.05, 4.69) is 5.32 Å². The van der Waals surface area contributed by atoms with E-state index in [1.54, 1.807) is 0 Å². The molecule has 2 heterocycles. The quantitative estimate of drug-likeness (QED) is 0.696. The third kappa shape index (κ3) is 3.18. The normalized spacial score (nSPS) is 32.7. The van der Waals surface area contributed by atoms with Gasteiger partial charge in [-0.25, -0.2) is 0 Å². The lowest BCUT2D eigenvalue weighted by Gasteiger charge is -2.21. The van der Waals surface area contributed by atoms with Crippen molar-refractivity contribution in [3.05, 3.63) is 0 Å². The molecule has 0 aromatic rings. The van der Waals surface area contributed by atoms with Gasteiger partial charge in [0.2, 0.25) is 5.91 Å². The fourth-order valence-corrected chi connectivity index (χ4v) is 2.71. The largest absolute Gasteiger partial charge is 0.377 e. The molecule has 0 saturated carbocycles.